The largest absolute Gasteiger partial charge is 0.493 e. The molecular formula is C20H25NO4. The quantitative estimate of drug-likeness (QED) is 0.834. The Morgan fingerprint density at radius 2 is 1.80 bits per heavy atom. The van der Waals surface area contributed by atoms with Gasteiger partial charge in [0.05, 0.1) is 20.3 Å². The van der Waals surface area contributed by atoms with Gasteiger partial charge < -0.3 is 24.7 Å². The van der Waals surface area contributed by atoms with Crippen molar-refractivity contribution in [2.24, 2.45) is 5.73 Å². The molecule has 5 heteroatoms. The van der Waals surface area contributed by atoms with Gasteiger partial charge >= 0.3 is 0 Å². The van der Waals surface area contributed by atoms with Crippen LogP contribution in [0.2, 0.25) is 0 Å². The van der Waals surface area contributed by atoms with Gasteiger partial charge in [-0.2, -0.15) is 0 Å². The number of hydrogen-bond acceptors (Lipinski definition) is 5. The van der Waals surface area contributed by atoms with E-state index in [0.717, 1.165) is 11.1 Å². The van der Waals surface area contributed by atoms with E-state index >= 15 is 0 Å². The zero-order valence-corrected chi connectivity index (χ0v) is 14.7. The van der Waals surface area contributed by atoms with Crippen LogP contribution in [-0.4, -0.2) is 26.1 Å². The van der Waals surface area contributed by atoms with Gasteiger partial charge in [0.15, 0.2) is 17.3 Å². The van der Waals surface area contributed by atoms with E-state index in [2.05, 4.69) is 0 Å². The van der Waals surface area contributed by atoms with Crippen molar-refractivity contribution in [1.82, 2.24) is 0 Å². The molecular weight excluding hydrogens is 318 g/mol. The summed E-state index contributed by atoms with van der Waals surface area (Å²) in [6, 6.07) is 15.6. The fourth-order valence-corrected chi connectivity index (χ4v) is 2.96. The maximum Gasteiger partial charge on any atom is 0.167 e. The highest BCUT2D eigenvalue weighted by Gasteiger charge is 2.33. The number of nitrogens with two attached hydrogens (primary N) is 1. The molecule has 1 heterocycles. The molecule has 5 nitrogen and oxygen atoms in total. The summed E-state index contributed by atoms with van der Waals surface area (Å²) < 4.78 is 22.7. The minimum atomic E-state index is -0.621. The molecule has 0 saturated carbocycles. The van der Waals surface area contributed by atoms with Crippen molar-refractivity contribution in [2.45, 2.75) is 31.8 Å². The van der Waals surface area contributed by atoms with Gasteiger partial charge in [-0.25, -0.2) is 0 Å². The van der Waals surface area contributed by atoms with Crippen molar-refractivity contribution >= 4 is 0 Å². The summed E-state index contributed by atoms with van der Waals surface area (Å²) in [5, 5.41) is 0. The first-order chi connectivity index (χ1) is 12.1. The zero-order chi connectivity index (χ0) is 17.7. The lowest BCUT2D eigenvalue weighted by atomic mass is 9.99. The number of ether oxygens (including phenoxy) is 4. The van der Waals surface area contributed by atoms with Gasteiger partial charge in [-0.15, -0.1) is 0 Å². The van der Waals surface area contributed by atoms with Gasteiger partial charge in [0.25, 0.3) is 0 Å². The van der Waals surface area contributed by atoms with Crippen LogP contribution in [0.3, 0.4) is 0 Å². The Bertz CT molecular complexity index is 683. The SMILES string of the molecule is COc1ccc([C@@H](N)CC2(C)OCCO2)cc1OCc1ccccc1. The summed E-state index contributed by atoms with van der Waals surface area (Å²) in [4.78, 5) is 0. The van der Waals surface area contributed by atoms with Gasteiger partial charge in [0, 0.05) is 12.5 Å². The molecule has 3 rings (SSSR count). The van der Waals surface area contributed by atoms with Crippen LogP contribution in [0.5, 0.6) is 11.5 Å². The van der Waals surface area contributed by atoms with Gasteiger partial charge in [-0.1, -0.05) is 36.4 Å². The smallest absolute Gasteiger partial charge is 0.167 e. The zero-order valence-electron chi connectivity index (χ0n) is 14.7. The summed E-state index contributed by atoms with van der Waals surface area (Å²) >= 11 is 0. The highest BCUT2D eigenvalue weighted by atomic mass is 16.7. The molecule has 1 aliphatic heterocycles. The molecule has 134 valence electrons. The topological polar surface area (TPSA) is 62.9 Å². The monoisotopic (exact) mass is 343 g/mol. The molecule has 0 bridgehead atoms. The number of benzene rings is 2. The maximum absolute atomic E-state index is 6.37. The van der Waals surface area contributed by atoms with E-state index in [4.69, 9.17) is 24.7 Å². The van der Waals surface area contributed by atoms with Crippen LogP contribution in [0.4, 0.5) is 0 Å². The fourth-order valence-electron chi connectivity index (χ4n) is 2.96. The van der Waals surface area contributed by atoms with Crippen molar-refractivity contribution in [3.63, 3.8) is 0 Å². The van der Waals surface area contributed by atoms with Crippen molar-refractivity contribution < 1.29 is 18.9 Å². The molecule has 1 aliphatic rings. The molecule has 25 heavy (non-hydrogen) atoms. The fraction of sp³-hybridized carbons (Fsp3) is 0.400. The highest BCUT2D eigenvalue weighted by molar-refractivity contribution is 5.44. The van der Waals surface area contributed by atoms with E-state index in [9.17, 15) is 0 Å². The summed E-state index contributed by atoms with van der Waals surface area (Å²) in [5.41, 5.74) is 8.43. The molecule has 1 atom stereocenters. The normalized spacial score (nSPS) is 17.2. The molecule has 0 spiro atoms. The average molecular weight is 343 g/mol. The third-order valence-electron chi connectivity index (χ3n) is 4.34. The molecule has 0 aliphatic carbocycles. The molecule has 0 aromatic heterocycles. The van der Waals surface area contributed by atoms with Gasteiger partial charge in [0.2, 0.25) is 0 Å². The van der Waals surface area contributed by atoms with E-state index in [1.165, 1.54) is 0 Å². The lowest BCUT2D eigenvalue weighted by molar-refractivity contribution is -0.150. The van der Waals surface area contributed by atoms with Crippen molar-refractivity contribution in [1.29, 1.82) is 0 Å². The molecule has 2 N–H and O–H groups in total. The Morgan fingerprint density at radius 1 is 1.08 bits per heavy atom. The summed E-state index contributed by atoms with van der Waals surface area (Å²) in [7, 11) is 1.63. The Kier molecular flexibility index (Phi) is 5.58. The predicted molar refractivity (Wildman–Crippen MR) is 95.6 cm³/mol. The molecule has 1 saturated heterocycles. The first kappa shape index (κ1) is 17.7. The number of rotatable bonds is 7. The van der Waals surface area contributed by atoms with Crippen LogP contribution in [0.1, 0.15) is 30.5 Å². The Balaban J connectivity index is 1.72. The molecule has 2 aromatic rings. The van der Waals surface area contributed by atoms with Gasteiger partial charge in [0.1, 0.15) is 6.61 Å². The first-order valence-electron chi connectivity index (χ1n) is 8.48. The second-order valence-electron chi connectivity index (χ2n) is 6.33. The first-order valence-corrected chi connectivity index (χ1v) is 8.48. The average Bonchev–Trinajstić information content (AvgIpc) is 3.06. The third kappa shape index (κ3) is 4.51. The minimum absolute atomic E-state index is 0.215. The summed E-state index contributed by atoms with van der Waals surface area (Å²) in [6.45, 7) is 3.62. The van der Waals surface area contributed by atoms with Crippen LogP contribution >= 0.6 is 0 Å². The number of methoxy groups -OCH3 is 1. The third-order valence-corrected chi connectivity index (χ3v) is 4.34. The molecule has 0 unspecified atom stereocenters. The van der Waals surface area contributed by atoms with Gasteiger partial charge in [-0.05, 0) is 30.2 Å². The predicted octanol–water partition coefficient (Wildman–Crippen LogP) is 3.43. The van der Waals surface area contributed by atoms with E-state index < -0.39 is 5.79 Å². The van der Waals surface area contributed by atoms with Crippen LogP contribution < -0.4 is 15.2 Å². The molecule has 0 radical (unpaired) electrons. The Morgan fingerprint density at radius 3 is 2.48 bits per heavy atom. The Labute approximate surface area is 148 Å². The van der Waals surface area contributed by atoms with Crippen molar-refractivity contribution in [3.8, 4) is 11.5 Å². The highest BCUT2D eigenvalue weighted by Crippen LogP contribution is 2.34. The molecule has 0 amide bonds. The van der Waals surface area contributed by atoms with Crippen LogP contribution in [0, 0.1) is 0 Å². The minimum Gasteiger partial charge on any atom is -0.493 e. The van der Waals surface area contributed by atoms with Crippen LogP contribution in [0.25, 0.3) is 0 Å². The van der Waals surface area contributed by atoms with Crippen molar-refractivity contribution in [2.75, 3.05) is 20.3 Å². The molecule has 1 fully saturated rings. The summed E-state index contributed by atoms with van der Waals surface area (Å²) in [6.07, 6.45) is 0.581. The van der Waals surface area contributed by atoms with Crippen LogP contribution in [-0.2, 0) is 16.1 Å². The summed E-state index contributed by atoms with van der Waals surface area (Å²) in [5.74, 6) is 0.744. The van der Waals surface area contributed by atoms with Crippen LogP contribution in [0.15, 0.2) is 48.5 Å². The van der Waals surface area contributed by atoms with Gasteiger partial charge in [-0.3, -0.25) is 0 Å². The molecule has 2 aromatic carbocycles. The van der Waals surface area contributed by atoms with E-state index in [1.807, 2.05) is 55.5 Å². The van der Waals surface area contributed by atoms with E-state index in [1.54, 1.807) is 7.11 Å². The lowest BCUT2D eigenvalue weighted by Gasteiger charge is -2.26. The Hall–Kier alpha value is -2.08. The number of hydrogen-bond donors (Lipinski definition) is 1. The second kappa shape index (κ2) is 7.87. The standard InChI is InChI=1S/C20H25NO4/c1-20(24-10-11-25-20)13-17(21)16-8-9-18(22-2)19(12-16)23-14-15-6-4-3-5-7-15/h3-9,12,17H,10-11,13-14,21H2,1-2H3/t17-/m0/s1. The second-order valence-corrected chi connectivity index (χ2v) is 6.33. The lowest BCUT2D eigenvalue weighted by Crippen LogP contribution is -2.31. The van der Waals surface area contributed by atoms with Crippen molar-refractivity contribution in [3.05, 3.63) is 59.7 Å². The van der Waals surface area contributed by atoms with E-state index in [0.29, 0.717) is 37.7 Å². The van der Waals surface area contributed by atoms with E-state index in [-0.39, 0.29) is 6.04 Å². The maximum atomic E-state index is 6.37.